The molecular formula is C21H30N2O2. The second-order valence-electron chi connectivity index (χ2n) is 7.23. The molecule has 2 amide bonds. The number of hydrogen-bond donors (Lipinski definition) is 1. The molecule has 0 atom stereocenters. The Labute approximate surface area is 152 Å². The van der Waals surface area contributed by atoms with Gasteiger partial charge in [-0.3, -0.25) is 15.0 Å². The fraction of sp³-hybridized carbons (Fsp3) is 0.524. The molecule has 1 N–H and O–H groups in total. The molecule has 1 aromatic rings. The number of unbranched alkanes of at least 4 members (excludes halogenated alkanes) is 4. The van der Waals surface area contributed by atoms with Gasteiger partial charge in [-0.05, 0) is 52.2 Å². The molecule has 0 unspecified atom stereocenters. The molecule has 1 rings (SSSR count). The first-order chi connectivity index (χ1) is 11.8. The molecule has 0 aromatic heterocycles. The number of benzene rings is 1. The minimum Gasteiger partial charge on any atom is -0.267 e. The topological polar surface area (TPSA) is 49.4 Å². The maximum atomic E-state index is 12.5. The van der Waals surface area contributed by atoms with Crippen molar-refractivity contribution in [2.45, 2.75) is 72.3 Å². The van der Waals surface area contributed by atoms with E-state index in [1.807, 2.05) is 39.8 Å². The van der Waals surface area contributed by atoms with Crippen LogP contribution in [-0.2, 0) is 4.79 Å². The van der Waals surface area contributed by atoms with Gasteiger partial charge in [-0.25, -0.2) is 5.01 Å². The number of aryl methyl sites for hydroxylation is 1. The molecule has 0 fully saturated rings. The zero-order chi connectivity index (χ0) is 18.9. The lowest BCUT2D eigenvalue weighted by molar-refractivity contribution is -0.132. The number of carbonyl (C=O) groups is 2. The summed E-state index contributed by atoms with van der Waals surface area (Å²) in [6, 6.07) is 7.27. The summed E-state index contributed by atoms with van der Waals surface area (Å²) in [6.45, 7) is 9.68. The lowest BCUT2D eigenvalue weighted by atomic mass is 10.1. The highest BCUT2D eigenvalue weighted by Gasteiger charge is 2.27. The average molecular weight is 342 g/mol. The molecule has 0 heterocycles. The van der Waals surface area contributed by atoms with Crippen molar-refractivity contribution in [2.75, 3.05) is 0 Å². The average Bonchev–Trinajstić information content (AvgIpc) is 2.54. The molecule has 0 aliphatic rings. The molecule has 0 aliphatic carbocycles. The van der Waals surface area contributed by atoms with Crippen molar-refractivity contribution in [1.29, 1.82) is 0 Å². The first-order valence-electron chi connectivity index (χ1n) is 8.96. The van der Waals surface area contributed by atoms with Crippen LogP contribution in [0.2, 0.25) is 0 Å². The van der Waals surface area contributed by atoms with Gasteiger partial charge in [0.25, 0.3) is 5.91 Å². The SMILES string of the molecule is CCCCCCC#CC(=O)N(NC(=O)c1cccc(C)c1)C(C)(C)C. The van der Waals surface area contributed by atoms with Crippen LogP contribution in [0.4, 0.5) is 0 Å². The molecule has 136 valence electrons. The van der Waals surface area contributed by atoms with E-state index in [1.165, 1.54) is 17.9 Å². The van der Waals surface area contributed by atoms with E-state index in [9.17, 15) is 9.59 Å². The smallest absolute Gasteiger partial charge is 0.267 e. The van der Waals surface area contributed by atoms with Gasteiger partial charge in [0.2, 0.25) is 0 Å². The minimum absolute atomic E-state index is 0.309. The monoisotopic (exact) mass is 342 g/mol. The number of amides is 2. The fourth-order valence-corrected chi connectivity index (χ4v) is 2.31. The lowest BCUT2D eigenvalue weighted by Crippen LogP contribution is -2.55. The first-order valence-corrected chi connectivity index (χ1v) is 8.96. The number of hydrazine groups is 1. The van der Waals surface area contributed by atoms with E-state index in [2.05, 4.69) is 24.2 Å². The summed E-state index contributed by atoms with van der Waals surface area (Å²) in [5, 5.41) is 1.32. The summed E-state index contributed by atoms with van der Waals surface area (Å²) in [6.07, 6.45) is 5.20. The Balaban J connectivity index is 2.76. The number of nitrogens with zero attached hydrogens (tertiary/aromatic N) is 1. The van der Waals surface area contributed by atoms with Crippen molar-refractivity contribution in [1.82, 2.24) is 10.4 Å². The number of rotatable bonds is 5. The summed E-state index contributed by atoms with van der Waals surface area (Å²) >= 11 is 0. The van der Waals surface area contributed by atoms with Crippen LogP contribution in [0.1, 0.15) is 75.7 Å². The molecule has 0 radical (unpaired) electrons. The maximum absolute atomic E-state index is 12.5. The highest BCUT2D eigenvalue weighted by atomic mass is 16.2. The summed E-state index contributed by atoms with van der Waals surface area (Å²) in [4.78, 5) is 24.9. The molecule has 4 heteroatoms. The third kappa shape index (κ3) is 7.43. The van der Waals surface area contributed by atoms with Crippen LogP contribution in [-0.4, -0.2) is 22.4 Å². The van der Waals surface area contributed by atoms with Gasteiger partial charge in [0.15, 0.2) is 0 Å². The van der Waals surface area contributed by atoms with Crippen LogP contribution in [0, 0.1) is 18.8 Å². The van der Waals surface area contributed by atoms with Crippen LogP contribution in [0.15, 0.2) is 24.3 Å². The van der Waals surface area contributed by atoms with Crippen LogP contribution in [0.5, 0.6) is 0 Å². The Morgan fingerprint density at radius 3 is 2.48 bits per heavy atom. The van der Waals surface area contributed by atoms with Gasteiger partial charge in [0.1, 0.15) is 0 Å². The third-order valence-electron chi connectivity index (χ3n) is 3.72. The Hall–Kier alpha value is -2.28. The van der Waals surface area contributed by atoms with E-state index in [1.54, 1.807) is 12.1 Å². The number of nitrogens with one attached hydrogen (secondary N) is 1. The summed E-state index contributed by atoms with van der Waals surface area (Å²) in [7, 11) is 0. The van der Waals surface area contributed by atoms with Gasteiger partial charge in [-0.15, -0.1) is 0 Å². The van der Waals surface area contributed by atoms with E-state index < -0.39 is 5.54 Å². The van der Waals surface area contributed by atoms with Crippen molar-refractivity contribution in [3.63, 3.8) is 0 Å². The number of carbonyl (C=O) groups excluding carboxylic acids is 2. The number of hydrogen-bond acceptors (Lipinski definition) is 2. The fourth-order valence-electron chi connectivity index (χ4n) is 2.31. The van der Waals surface area contributed by atoms with Crippen molar-refractivity contribution in [3.8, 4) is 11.8 Å². The van der Waals surface area contributed by atoms with Crippen LogP contribution < -0.4 is 5.43 Å². The van der Waals surface area contributed by atoms with Crippen molar-refractivity contribution >= 4 is 11.8 Å². The summed E-state index contributed by atoms with van der Waals surface area (Å²) < 4.78 is 0. The van der Waals surface area contributed by atoms with Gasteiger partial charge in [-0.2, -0.15) is 0 Å². The zero-order valence-corrected chi connectivity index (χ0v) is 16.1. The van der Waals surface area contributed by atoms with E-state index >= 15 is 0 Å². The largest absolute Gasteiger partial charge is 0.317 e. The standard InChI is InChI=1S/C21H30N2O2/c1-6-7-8-9-10-11-15-19(24)23(21(3,4)5)22-20(25)18-14-12-13-17(2)16-18/h12-14,16H,6-10H2,1-5H3,(H,22,25). The van der Waals surface area contributed by atoms with Gasteiger partial charge in [-0.1, -0.05) is 49.8 Å². The van der Waals surface area contributed by atoms with Crippen molar-refractivity contribution in [3.05, 3.63) is 35.4 Å². The molecule has 0 aliphatic heterocycles. The second-order valence-corrected chi connectivity index (χ2v) is 7.23. The van der Waals surface area contributed by atoms with Crippen LogP contribution in [0.25, 0.3) is 0 Å². The Morgan fingerprint density at radius 2 is 1.88 bits per heavy atom. The summed E-state index contributed by atoms with van der Waals surface area (Å²) in [5.41, 5.74) is 3.66. The predicted octanol–water partition coefficient (Wildman–Crippen LogP) is 4.24. The first kappa shape index (κ1) is 20.8. The Morgan fingerprint density at radius 1 is 1.16 bits per heavy atom. The molecule has 0 saturated heterocycles. The minimum atomic E-state index is -0.562. The Bertz CT molecular complexity index is 648. The second kappa shape index (κ2) is 9.88. The molecule has 0 saturated carbocycles. The molecule has 0 spiro atoms. The van der Waals surface area contributed by atoms with Crippen LogP contribution >= 0.6 is 0 Å². The molecule has 4 nitrogen and oxygen atoms in total. The molecule has 0 bridgehead atoms. The zero-order valence-electron chi connectivity index (χ0n) is 16.1. The summed E-state index contributed by atoms with van der Waals surface area (Å²) in [5.74, 6) is 4.89. The van der Waals surface area contributed by atoms with E-state index in [0.29, 0.717) is 12.0 Å². The van der Waals surface area contributed by atoms with Crippen LogP contribution in [0.3, 0.4) is 0 Å². The Kier molecular flexibility index (Phi) is 8.21. The van der Waals surface area contributed by atoms with E-state index in [0.717, 1.165) is 18.4 Å². The highest BCUT2D eigenvalue weighted by Crippen LogP contribution is 2.12. The van der Waals surface area contributed by atoms with Gasteiger partial charge >= 0.3 is 5.91 Å². The van der Waals surface area contributed by atoms with E-state index in [4.69, 9.17) is 0 Å². The van der Waals surface area contributed by atoms with Crippen molar-refractivity contribution < 1.29 is 9.59 Å². The quantitative estimate of drug-likeness (QED) is 0.494. The van der Waals surface area contributed by atoms with Gasteiger partial charge in [0, 0.05) is 12.0 Å². The van der Waals surface area contributed by atoms with E-state index in [-0.39, 0.29) is 11.8 Å². The highest BCUT2D eigenvalue weighted by molar-refractivity contribution is 5.99. The lowest BCUT2D eigenvalue weighted by Gasteiger charge is -2.33. The van der Waals surface area contributed by atoms with Gasteiger partial charge in [0.05, 0.1) is 5.54 Å². The van der Waals surface area contributed by atoms with Crippen molar-refractivity contribution in [2.24, 2.45) is 0 Å². The van der Waals surface area contributed by atoms with Gasteiger partial charge < -0.3 is 0 Å². The molecule has 25 heavy (non-hydrogen) atoms. The maximum Gasteiger partial charge on any atom is 0.317 e. The molecule has 1 aromatic carbocycles. The predicted molar refractivity (Wildman–Crippen MR) is 102 cm³/mol. The normalized spacial score (nSPS) is 10.6. The third-order valence-corrected chi connectivity index (χ3v) is 3.72. The molecular weight excluding hydrogens is 312 g/mol.